The molecule has 3 saturated carbocycles. The highest BCUT2D eigenvalue weighted by molar-refractivity contribution is 5.90. The molecule has 6 N–H and O–H groups in total. The van der Waals surface area contributed by atoms with Crippen LogP contribution < -0.4 is 0 Å². The summed E-state index contributed by atoms with van der Waals surface area (Å²) in [6, 6.07) is 0. The molecule has 0 aromatic rings. The van der Waals surface area contributed by atoms with Crippen molar-refractivity contribution in [2.45, 2.75) is 128 Å². The molecule has 44 heavy (non-hydrogen) atoms. The van der Waals surface area contributed by atoms with E-state index in [0.717, 1.165) is 37.7 Å². The predicted octanol–water partition coefficient (Wildman–Crippen LogP) is 1.98. The Hall–Kier alpha value is -1.37. The van der Waals surface area contributed by atoms with Crippen molar-refractivity contribution in [1.82, 2.24) is 0 Å². The topological polar surface area (TPSA) is 166 Å². The van der Waals surface area contributed by atoms with E-state index >= 15 is 0 Å². The van der Waals surface area contributed by atoms with Crippen molar-refractivity contribution in [3.05, 3.63) is 22.8 Å². The van der Waals surface area contributed by atoms with Gasteiger partial charge in [0.05, 0.1) is 31.0 Å². The van der Waals surface area contributed by atoms with Gasteiger partial charge in [0, 0.05) is 18.3 Å². The van der Waals surface area contributed by atoms with Crippen LogP contribution in [0.25, 0.3) is 0 Å². The van der Waals surface area contributed by atoms with Crippen molar-refractivity contribution < 1.29 is 49.6 Å². The standard InChI is InChI=1S/C34H52O10/c1-16-11-25(43-31(41)21(16)14-35)17(2)22-7-8-23-20-6-5-18-12-19(42-32-30(40)29(39)28(38)26(15-36)44-32)13-27(37)34(18,4)24(20)9-10-33(22,23)3/h5,17,19-20,22-30,32,35-40H,6-15H2,1-4H3/t17-,19+,20-,22+,23-,24-,25+,26+,27-,28+,29-,30+,32+,33+,34-/m0/s1. The number of aliphatic hydroxyl groups is 6. The summed E-state index contributed by atoms with van der Waals surface area (Å²) in [7, 11) is 0. The van der Waals surface area contributed by atoms with Crippen LogP contribution in [0.2, 0.25) is 0 Å². The zero-order valence-corrected chi connectivity index (χ0v) is 26.5. The van der Waals surface area contributed by atoms with Gasteiger partial charge in [-0.25, -0.2) is 4.79 Å². The van der Waals surface area contributed by atoms with Gasteiger partial charge in [-0.2, -0.15) is 0 Å². The Morgan fingerprint density at radius 3 is 2.45 bits per heavy atom. The molecular weight excluding hydrogens is 568 g/mol. The van der Waals surface area contributed by atoms with Crippen LogP contribution in [0.4, 0.5) is 0 Å². The van der Waals surface area contributed by atoms with Crippen LogP contribution in [0.5, 0.6) is 0 Å². The molecule has 10 heteroatoms. The lowest BCUT2D eigenvalue weighted by Gasteiger charge is -2.60. The number of fused-ring (bicyclic) bond motifs is 5. The lowest BCUT2D eigenvalue weighted by atomic mass is 9.46. The Labute approximate surface area is 260 Å². The first-order valence-electron chi connectivity index (χ1n) is 16.7. The Balaban J connectivity index is 1.16. The lowest BCUT2D eigenvalue weighted by Crippen LogP contribution is -2.60. The molecule has 6 aliphatic rings. The monoisotopic (exact) mass is 620 g/mol. The van der Waals surface area contributed by atoms with Crippen molar-refractivity contribution in [1.29, 1.82) is 0 Å². The number of carbonyl (C=O) groups excluding carboxylic acids is 1. The van der Waals surface area contributed by atoms with Gasteiger partial charge in [0.25, 0.3) is 0 Å². The molecule has 4 fully saturated rings. The fourth-order valence-electron chi connectivity index (χ4n) is 10.7. The first-order valence-corrected chi connectivity index (χ1v) is 16.7. The molecular formula is C34H52O10. The minimum absolute atomic E-state index is 0.123. The molecule has 0 spiro atoms. The predicted molar refractivity (Wildman–Crippen MR) is 159 cm³/mol. The van der Waals surface area contributed by atoms with Gasteiger partial charge in [0.2, 0.25) is 0 Å². The largest absolute Gasteiger partial charge is 0.458 e. The van der Waals surface area contributed by atoms with Crippen LogP contribution >= 0.6 is 0 Å². The highest BCUT2D eigenvalue weighted by atomic mass is 16.7. The van der Waals surface area contributed by atoms with E-state index in [0.29, 0.717) is 48.5 Å². The average Bonchev–Trinajstić information content (AvgIpc) is 3.34. The zero-order valence-electron chi connectivity index (χ0n) is 26.5. The van der Waals surface area contributed by atoms with Gasteiger partial charge in [-0.05, 0) is 80.5 Å². The normalized spacial score (nSPS) is 49.9. The number of allylic oxidation sites excluding steroid dienone is 1. The minimum atomic E-state index is -1.50. The van der Waals surface area contributed by atoms with Crippen LogP contribution in [0.1, 0.15) is 79.1 Å². The van der Waals surface area contributed by atoms with E-state index in [-0.39, 0.29) is 35.4 Å². The van der Waals surface area contributed by atoms with E-state index in [4.69, 9.17) is 14.2 Å². The van der Waals surface area contributed by atoms with Gasteiger partial charge in [0.1, 0.15) is 30.5 Å². The van der Waals surface area contributed by atoms with E-state index in [2.05, 4.69) is 26.8 Å². The molecule has 1 saturated heterocycles. The molecule has 2 aliphatic heterocycles. The van der Waals surface area contributed by atoms with E-state index < -0.39 is 49.5 Å². The second-order valence-electron chi connectivity index (χ2n) is 15.2. The van der Waals surface area contributed by atoms with Crippen LogP contribution in [0.3, 0.4) is 0 Å². The van der Waals surface area contributed by atoms with Crippen molar-refractivity contribution >= 4 is 5.97 Å². The minimum Gasteiger partial charge on any atom is -0.458 e. The average molecular weight is 621 g/mol. The van der Waals surface area contributed by atoms with Crippen molar-refractivity contribution in [2.75, 3.05) is 13.2 Å². The van der Waals surface area contributed by atoms with E-state index in [1.165, 1.54) is 5.57 Å². The number of esters is 1. The summed E-state index contributed by atoms with van der Waals surface area (Å²) >= 11 is 0. The maximum Gasteiger partial charge on any atom is 0.336 e. The smallest absolute Gasteiger partial charge is 0.336 e. The molecule has 2 heterocycles. The first kappa shape index (κ1) is 32.6. The number of aliphatic hydroxyl groups excluding tert-OH is 6. The fraction of sp³-hybridized carbons (Fsp3) is 0.853. The van der Waals surface area contributed by atoms with Crippen LogP contribution in [0.15, 0.2) is 22.8 Å². The van der Waals surface area contributed by atoms with E-state index in [1.807, 2.05) is 6.92 Å². The summed E-state index contributed by atoms with van der Waals surface area (Å²) in [5.74, 6) is 1.57. The summed E-state index contributed by atoms with van der Waals surface area (Å²) in [4.78, 5) is 12.6. The number of hydrogen-bond donors (Lipinski definition) is 6. The summed E-state index contributed by atoms with van der Waals surface area (Å²) in [6.45, 7) is 8.02. The highest BCUT2D eigenvalue weighted by Gasteiger charge is 2.62. The van der Waals surface area contributed by atoms with Crippen molar-refractivity contribution in [2.24, 2.45) is 40.4 Å². The second kappa shape index (κ2) is 12.0. The maximum atomic E-state index is 12.6. The summed E-state index contributed by atoms with van der Waals surface area (Å²) < 4.78 is 17.6. The molecule has 0 amide bonds. The quantitative estimate of drug-likeness (QED) is 0.191. The summed E-state index contributed by atoms with van der Waals surface area (Å²) in [6.07, 6.45) is 1.26. The Bertz CT molecular complexity index is 1170. The van der Waals surface area contributed by atoms with Crippen molar-refractivity contribution in [3.63, 3.8) is 0 Å². The molecule has 0 bridgehead atoms. The molecule has 4 aliphatic carbocycles. The lowest BCUT2D eigenvalue weighted by molar-refractivity contribution is -0.315. The highest BCUT2D eigenvalue weighted by Crippen LogP contribution is 2.67. The molecule has 15 atom stereocenters. The SMILES string of the molecule is CC1=C(CO)C(=O)O[C@@H]([C@@H](C)[C@H]2CC[C@H]3[C@@H]4CC=C5C[C@@H](O[C@@H]6O[C@H](CO)[C@@H](O)[C@H](O)[C@H]6O)C[C@H](O)[C@]5(C)[C@H]4CC[C@]23C)C1. The van der Waals surface area contributed by atoms with Crippen molar-refractivity contribution in [3.8, 4) is 0 Å². The molecule has 6 rings (SSSR count). The molecule has 0 aromatic heterocycles. The number of rotatable bonds is 6. The number of ether oxygens (including phenoxy) is 3. The van der Waals surface area contributed by atoms with E-state index in [9.17, 15) is 35.4 Å². The van der Waals surface area contributed by atoms with E-state index in [1.54, 1.807) is 0 Å². The number of carbonyl (C=O) groups is 1. The van der Waals surface area contributed by atoms with Gasteiger partial charge in [0.15, 0.2) is 6.29 Å². The summed E-state index contributed by atoms with van der Waals surface area (Å²) in [5, 5.41) is 61.7. The third kappa shape index (κ3) is 5.03. The third-order valence-electron chi connectivity index (χ3n) is 13.3. The zero-order chi connectivity index (χ0) is 31.7. The van der Waals surface area contributed by atoms with Crippen LogP contribution in [0, 0.1) is 40.4 Å². The first-order chi connectivity index (χ1) is 20.8. The van der Waals surface area contributed by atoms with Gasteiger partial charge in [-0.1, -0.05) is 38.0 Å². The fourth-order valence-corrected chi connectivity index (χ4v) is 10.7. The van der Waals surface area contributed by atoms with Gasteiger partial charge in [-0.15, -0.1) is 0 Å². The van der Waals surface area contributed by atoms with Gasteiger partial charge >= 0.3 is 5.97 Å². The Morgan fingerprint density at radius 1 is 1.02 bits per heavy atom. The summed E-state index contributed by atoms with van der Waals surface area (Å²) in [5.41, 5.74) is 2.24. The van der Waals surface area contributed by atoms with Gasteiger partial charge in [-0.3, -0.25) is 0 Å². The maximum absolute atomic E-state index is 12.6. The Morgan fingerprint density at radius 2 is 1.77 bits per heavy atom. The Kier molecular flexibility index (Phi) is 8.89. The second-order valence-corrected chi connectivity index (χ2v) is 15.2. The molecule has 10 nitrogen and oxygen atoms in total. The molecule has 0 unspecified atom stereocenters. The van der Waals surface area contributed by atoms with Crippen LogP contribution in [-0.2, 0) is 19.0 Å². The number of cyclic esters (lactones) is 1. The van der Waals surface area contributed by atoms with Crippen LogP contribution in [-0.4, -0.2) is 98.8 Å². The van der Waals surface area contributed by atoms with Gasteiger partial charge < -0.3 is 44.8 Å². The third-order valence-corrected chi connectivity index (χ3v) is 13.3. The number of hydrogen-bond acceptors (Lipinski definition) is 10. The molecule has 0 radical (unpaired) electrons. The molecule has 248 valence electrons. The molecule has 0 aromatic carbocycles.